The number of aliphatic carboxylic acids is 1. The Hall–Kier alpha value is -1.89. The molecule has 1 aliphatic rings. The lowest BCUT2D eigenvalue weighted by Gasteiger charge is -2.26. The summed E-state index contributed by atoms with van der Waals surface area (Å²) in [6.45, 7) is -0.0830. The fraction of sp³-hybridized carbons (Fsp3) is 0.529. The van der Waals surface area contributed by atoms with E-state index < -0.39 is 32.4 Å². The SMILES string of the molecule is CS(=O)(=O)C1(C(=O)NCC(Cc2ccccc2)C(=O)O)CCCC1. The second kappa shape index (κ2) is 7.34. The number of sulfone groups is 1. The Labute approximate surface area is 142 Å². The van der Waals surface area contributed by atoms with Gasteiger partial charge >= 0.3 is 5.97 Å². The number of carboxylic acid groups (broad SMARTS) is 1. The Balaban J connectivity index is 2.06. The third-order valence-corrected chi connectivity index (χ3v) is 6.73. The van der Waals surface area contributed by atoms with Gasteiger partial charge in [-0.2, -0.15) is 0 Å². The maximum Gasteiger partial charge on any atom is 0.308 e. The molecule has 1 saturated carbocycles. The van der Waals surface area contributed by atoms with Crippen molar-refractivity contribution >= 4 is 21.7 Å². The average Bonchev–Trinajstić information content (AvgIpc) is 3.02. The summed E-state index contributed by atoms with van der Waals surface area (Å²) in [4.78, 5) is 24.0. The van der Waals surface area contributed by atoms with E-state index in [1.54, 1.807) is 0 Å². The molecule has 2 rings (SSSR count). The second-order valence-electron chi connectivity index (χ2n) is 6.41. The van der Waals surface area contributed by atoms with Crippen molar-refractivity contribution in [2.24, 2.45) is 5.92 Å². The van der Waals surface area contributed by atoms with Gasteiger partial charge in [-0.1, -0.05) is 43.2 Å². The van der Waals surface area contributed by atoms with Gasteiger partial charge in [0.2, 0.25) is 5.91 Å². The number of hydrogen-bond acceptors (Lipinski definition) is 4. The Morgan fingerprint density at radius 2 is 1.79 bits per heavy atom. The zero-order valence-electron chi connectivity index (χ0n) is 13.7. The van der Waals surface area contributed by atoms with E-state index >= 15 is 0 Å². The third kappa shape index (κ3) is 3.95. The Morgan fingerprint density at radius 1 is 1.21 bits per heavy atom. The van der Waals surface area contributed by atoms with Crippen LogP contribution in [0.1, 0.15) is 31.2 Å². The van der Waals surface area contributed by atoms with Crippen LogP contribution in [0.2, 0.25) is 0 Å². The molecule has 0 radical (unpaired) electrons. The van der Waals surface area contributed by atoms with Crippen LogP contribution in [-0.2, 0) is 25.8 Å². The van der Waals surface area contributed by atoms with Crippen molar-refractivity contribution in [3.05, 3.63) is 35.9 Å². The molecule has 0 spiro atoms. The molecule has 0 saturated heterocycles. The number of carbonyl (C=O) groups is 2. The van der Waals surface area contributed by atoms with Gasteiger partial charge in [-0.3, -0.25) is 9.59 Å². The van der Waals surface area contributed by atoms with Crippen LogP contribution in [0, 0.1) is 5.92 Å². The van der Waals surface area contributed by atoms with Crippen molar-refractivity contribution in [3.8, 4) is 0 Å². The van der Waals surface area contributed by atoms with E-state index in [4.69, 9.17) is 0 Å². The van der Waals surface area contributed by atoms with Crippen LogP contribution in [0.3, 0.4) is 0 Å². The highest BCUT2D eigenvalue weighted by Crippen LogP contribution is 2.36. The molecule has 1 fully saturated rings. The zero-order chi connectivity index (χ0) is 17.8. The summed E-state index contributed by atoms with van der Waals surface area (Å²) in [5.74, 6) is -2.38. The minimum atomic E-state index is -3.55. The molecule has 6 nitrogen and oxygen atoms in total. The van der Waals surface area contributed by atoms with Crippen LogP contribution >= 0.6 is 0 Å². The fourth-order valence-electron chi connectivity index (χ4n) is 3.23. The van der Waals surface area contributed by atoms with E-state index in [1.165, 1.54) is 0 Å². The zero-order valence-corrected chi connectivity index (χ0v) is 14.5. The van der Waals surface area contributed by atoms with Crippen molar-refractivity contribution in [1.29, 1.82) is 0 Å². The summed E-state index contributed by atoms with van der Waals surface area (Å²) < 4.78 is 22.8. The quantitative estimate of drug-likeness (QED) is 0.772. The molecular formula is C17H23NO5S. The Morgan fingerprint density at radius 3 is 2.29 bits per heavy atom. The summed E-state index contributed by atoms with van der Waals surface area (Å²) in [6.07, 6.45) is 3.33. The van der Waals surface area contributed by atoms with E-state index in [2.05, 4.69) is 5.32 Å². The number of carbonyl (C=O) groups excluding carboxylic acids is 1. The van der Waals surface area contributed by atoms with Crippen LogP contribution in [0.5, 0.6) is 0 Å². The molecule has 0 aromatic heterocycles. The Kier molecular flexibility index (Phi) is 5.64. The van der Waals surface area contributed by atoms with Gasteiger partial charge in [0.15, 0.2) is 9.84 Å². The first-order valence-corrected chi connectivity index (χ1v) is 9.90. The molecule has 0 aliphatic heterocycles. The minimum absolute atomic E-state index is 0.0830. The lowest BCUT2D eigenvalue weighted by atomic mass is 9.98. The fourth-order valence-corrected chi connectivity index (χ4v) is 4.67. The van der Waals surface area contributed by atoms with Crippen molar-refractivity contribution in [2.75, 3.05) is 12.8 Å². The largest absolute Gasteiger partial charge is 0.481 e. The molecule has 1 aromatic carbocycles. The van der Waals surface area contributed by atoms with Crippen molar-refractivity contribution in [2.45, 2.75) is 36.9 Å². The summed E-state index contributed by atoms with van der Waals surface area (Å²) in [5.41, 5.74) is 0.859. The van der Waals surface area contributed by atoms with E-state index in [0.717, 1.165) is 11.8 Å². The van der Waals surface area contributed by atoms with Gasteiger partial charge in [-0.05, 0) is 24.8 Å². The number of hydrogen-bond donors (Lipinski definition) is 2. The predicted molar refractivity (Wildman–Crippen MR) is 90.3 cm³/mol. The summed E-state index contributed by atoms with van der Waals surface area (Å²) >= 11 is 0. The predicted octanol–water partition coefficient (Wildman–Crippen LogP) is 1.40. The van der Waals surface area contributed by atoms with E-state index in [-0.39, 0.29) is 13.0 Å². The number of rotatable bonds is 7. The maximum absolute atomic E-state index is 12.5. The van der Waals surface area contributed by atoms with Gasteiger partial charge in [-0.25, -0.2) is 8.42 Å². The van der Waals surface area contributed by atoms with Crippen LogP contribution in [-0.4, -0.2) is 42.9 Å². The Bertz CT molecular complexity index is 693. The van der Waals surface area contributed by atoms with E-state index in [0.29, 0.717) is 25.7 Å². The van der Waals surface area contributed by atoms with Gasteiger partial charge in [0.25, 0.3) is 0 Å². The third-order valence-electron chi connectivity index (χ3n) is 4.72. The van der Waals surface area contributed by atoms with Crippen molar-refractivity contribution in [3.63, 3.8) is 0 Å². The standard InChI is InChI=1S/C17H23NO5S/c1-24(22,23)17(9-5-6-10-17)16(21)18-12-14(15(19)20)11-13-7-3-2-4-8-13/h2-4,7-8,14H,5-6,9-12H2,1H3,(H,18,21)(H,19,20). The normalized spacial score (nSPS) is 18.0. The highest BCUT2D eigenvalue weighted by molar-refractivity contribution is 7.92. The average molecular weight is 353 g/mol. The molecule has 1 amide bonds. The van der Waals surface area contributed by atoms with Crippen molar-refractivity contribution in [1.82, 2.24) is 5.32 Å². The van der Waals surface area contributed by atoms with Crippen LogP contribution in [0.25, 0.3) is 0 Å². The number of benzene rings is 1. The molecule has 1 atom stereocenters. The number of carboxylic acids is 1. The molecule has 1 aromatic rings. The first-order chi connectivity index (χ1) is 11.3. The van der Waals surface area contributed by atoms with Crippen LogP contribution in [0.4, 0.5) is 0 Å². The topological polar surface area (TPSA) is 101 Å². The molecule has 132 valence electrons. The molecule has 0 bridgehead atoms. The second-order valence-corrected chi connectivity index (χ2v) is 8.73. The van der Waals surface area contributed by atoms with Gasteiger partial charge in [0, 0.05) is 12.8 Å². The summed E-state index contributed by atoms with van der Waals surface area (Å²) in [5, 5.41) is 11.9. The van der Waals surface area contributed by atoms with Crippen molar-refractivity contribution < 1.29 is 23.1 Å². The van der Waals surface area contributed by atoms with Crippen LogP contribution < -0.4 is 5.32 Å². The van der Waals surface area contributed by atoms with E-state index in [9.17, 15) is 23.1 Å². The molecular weight excluding hydrogens is 330 g/mol. The summed E-state index contributed by atoms with van der Waals surface area (Å²) in [7, 11) is -3.55. The lowest BCUT2D eigenvalue weighted by Crippen LogP contribution is -2.51. The van der Waals surface area contributed by atoms with Crippen LogP contribution in [0.15, 0.2) is 30.3 Å². The number of nitrogens with one attached hydrogen (secondary N) is 1. The summed E-state index contributed by atoms with van der Waals surface area (Å²) in [6, 6.07) is 9.14. The molecule has 2 N–H and O–H groups in total. The van der Waals surface area contributed by atoms with Gasteiger partial charge in [0.1, 0.15) is 4.75 Å². The van der Waals surface area contributed by atoms with E-state index in [1.807, 2.05) is 30.3 Å². The molecule has 7 heteroatoms. The molecule has 1 unspecified atom stereocenters. The van der Waals surface area contributed by atoms with Gasteiger partial charge in [-0.15, -0.1) is 0 Å². The minimum Gasteiger partial charge on any atom is -0.481 e. The van der Waals surface area contributed by atoms with Gasteiger partial charge in [0.05, 0.1) is 5.92 Å². The molecule has 24 heavy (non-hydrogen) atoms. The maximum atomic E-state index is 12.5. The smallest absolute Gasteiger partial charge is 0.308 e. The highest BCUT2D eigenvalue weighted by Gasteiger charge is 2.49. The first-order valence-electron chi connectivity index (χ1n) is 8.01. The monoisotopic (exact) mass is 353 g/mol. The highest BCUT2D eigenvalue weighted by atomic mass is 32.2. The molecule has 0 heterocycles. The first kappa shape index (κ1) is 18.4. The molecule has 1 aliphatic carbocycles. The lowest BCUT2D eigenvalue weighted by molar-refractivity contribution is -0.141. The number of amides is 1. The van der Waals surface area contributed by atoms with Gasteiger partial charge < -0.3 is 10.4 Å².